The molecule has 0 aliphatic carbocycles. The Bertz CT molecular complexity index is 404. The van der Waals surface area contributed by atoms with Gasteiger partial charge in [-0.3, -0.25) is 19.8 Å². The maximum atomic E-state index is 10.7. The number of nitrogens with zero attached hydrogens (tertiary/aromatic N) is 1. The van der Waals surface area contributed by atoms with Gasteiger partial charge in [0.1, 0.15) is 0 Å². The highest BCUT2D eigenvalue weighted by Gasteiger charge is 2.10. The van der Waals surface area contributed by atoms with Crippen molar-refractivity contribution in [3.8, 4) is 0 Å². The topological polar surface area (TPSA) is 128 Å². The number of hydrogen-bond acceptors (Lipinski definition) is 5. The molecule has 1 aromatic rings. The summed E-state index contributed by atoms with van der Waals surface area (Å²) >= 11 is 0. The summed E-state index contributed by atoms with van der Waals surface area (Å²) in [5.41, 5.74) is -1.21. The zero-order chi connectivity index (χ0) is 9.14. The van der Waals surface area contributed by atoms with E-state index in [9.17, 15) is 14.4 Å². The van der Waals surface area contributed by atoms with Crippen LogP contribution in [0.25, 0.3) is 0 Å². The number of rotatable bonds is 1. The lowest BCUT2D eigenvalue weighted by molar-refractivity contribution is 0.0697. The van der Waals surface area contributed by atoms with E-state index < -0.39 is 22.9 Å². The minimum Gasteiger partial charge on any atom is -0.288 e. The van der Waals surface area contributed by atoms with Crippen LogP contribution >= 0.6 is 0 Å². The fraction of sp³-hybridized carbons (Fsp3) is 0. The fourth-order valence-electron chi connectivity index (χ4n) is 0.555. The summed E-state index contributed by atoms with van der Waals surface area (Å²) in [7, 11) is 0. The summed E-state index contributed by atoms with van der Waals surface area (Å²) in [5, 5.41) is 13.0. The highest BCUT2D eigenvalue weighted by Crippen LogP contribution is 1.75. The molecule has 1 aromatic heterocycles. The monoisotopic (exact) mass is 172 g/mol. The van der Waals surface area contributed by atoms with Gasteiger partial charge in [-0.25, -0.2) is 15.4 Å². The number of carbonyl (C=O) groups excluding carboxylic acids is 1. The van der Waals surface area contributed by atoms with E-state index >= 15 is 0 Å². The first-order valence-electron chi connectivity index (χ1n) is 2.78. The maximum absolute atomic E-state index is 10.7. The van der Waals surface area contributed by atoms with E-state index in [1.165, 1.54) is 5.48 Å². The van der Waals surface area contributed by atoms with E-state index in [-0.39, 0.29) is 0 Å². The smallest absolute Gasteiger partial charge is 0.288 e. The van der Waals surface area contributed by atoms with Crippen LogP contribution in [0.2, 0.25) is 0 Å². The number of aromatic nitrogens is 3. The van der Waals surface area contributed by atoms with Gasteiger partial charge in [-0.05, 0) is 0 Å². The quantitative estimate of drug-likeness (QED) is 0.277. The average Bonchev–Trinajstić information content (AvgIpc) is 2.03. The van der Waals surface area contributed by atoms with Crippen molar-refractivity contribution in [2.75, 3.05) is 0 Å². The number of aromatic amines is 2. The Morgan fingerprint density at radius 1 is 1.50 bits per heavy atom. The van der Waals surface area contributed by atoms with Crippen LogP contribution in [0.5, 0.6) is 0 Å². The molecule has 0 fully saturated rings. The Hall–Kier alpha value is -1.96. The standard InChI is InChI=1S/C4H4N4O4/c9-2-1(3(10)8-12)6-7-4(11)5-2/h12H,(H,8,10)(H2,5,7,9,11). The zero-order valence-corrected chi connectivity index (χ0v) is 5.62. The van der Waals surface area contributed by atoms with Crippen LogP contribution in [0, 0.1) is 0 Å². The summed E-state index contributed by atoms with van der Waals surface area (Å²) in [4.78, 5) is 33.4. The predicted octanol–water partition coefficient (Wildman–Crippen LogP) is -2.42. The molecule has 0 saturated carbocycles. The molecule has 64 valence electrons. The van der Waals surface area contributed by atoms with Crippen LogP contribution in [-0.2, 0) is 0 Å². The Kier molecular flexibility index (Phi) is 2.01. The molecule has 0 radical (unpaired) electrons. The molecule has 0 unspecified atom stereocenters. The molecule has 0 saturated heterocycles. The molecule has 0 aliphatic rings. The second-order valence-corrected chi connectivity index (χ2v) is 1.80. The average molecular weight is 172 g/mol. The molecule has 0 spiro atoms. The van der Waals surface area contributed by atoms with Crippen LogP contribution in [0.4, 0.5) is 0 Å². The molecule has 4 N–H and O–H groups in total. The van der Waals surface area contributed by atoms with Crippen molar-refractivity contribution < 1.29 is 10.0 Å². The molecule has 8 heteroatoms. The molecule has 0 atom stereocenters. The lowest BCUT2D eigenvalue weighted by Gasteiger charge is -1.92. The van der Waals surface area contributed by atoms with Gasteiger partial charge >= 0.3 is 11.6 Å². The van der Waals surface area contributed by atoms with E-state index in [2.05, 4.69) is 5.10 Å². The number of hydroxylamine groups is 1. The van der Waals surface area contributed by atoms with Crippen molar-refractivity contribution in [1.82, 2.24) is 20.7 Å². The largest absolute Gasteiger partial charge is 0.342 e. The third kappa shape index (κ3) is 1.37. The van der Waals surface area contributed by atoms with Crippen molar-refractivity contribution in [3.05, 3.63) is 26.5 Å². The molecule has 1 rings (SSSR count). The van der Waals surface area contributed by atoms with Crippen LogP contribution in [-0.4, -0.2) is 26.3 Å². The van der Waals surface area contributed by atoms with Gasteiger partial charge in [0.25, 0.3) is 5.56 Å². The molecule has 0 aromatic carbocycles. The fourth-order valence-corrected chi connectivity index (χ4v) is 0.555. The van der Waals surface area contributed by atoms with E-state index in [4.69, 9.17) is 5.21 Å². The van der Waals surface area contributed by atoms with E-state index in [0.29, 0.717) is 0 Å². The van der Waals surface area contributed by atoms with Gasteiger partial charge in [-0.1, -0.05) is 0 Å². The number of amides is 1. The highest BCUT2D eigenvalue weighted by molar-refractivity contribution is 5.90. The summed E-state index contributed by atoms with van der Waals surface area (Å²) in [6.45, 7) is 0. The highest BCUT2D eigenvalue weighted by atomic mass is 16.5. The first-order chi connectivity index (χ1) is 5.65. The number of H-pyrrole nitrogens is 2. The Balaban J connectivity index is 3.28. The predicted molar refractivity (Wildman–Crippen MR) is 34.7 cm³/mol. The molecule has 0 aliphatic heterocycles. The summed E-state index contributed by atoms with van der Waals surface area (Å²) in [6.07, 6.45) is 0. The van der Waals surface area contributed by atoms with E-state index in [1.807, 2.05) is 5.10 Å². The SMILES string of the molecule is O=C(NO)c1n[nH]c(=O)[nH]c1=O. The van der Waals surface area contributed by atoms with Crippen molar-refractivity contribution in [1.29, 1.82) is 0 Å². The van der Waals surface area contributed by atoms with Crippen molar-refractivity contribution in [2.24, 2.45) is 0 Å². The molecule has 1 heterocycles. The molecule has 12 heavy (non-hydrogen) atoms. The van der Waals surface area contributed by atoms with E-state index in [1.54, 1.807) is 4.98 Å². The van der Waals surface area contributed by atoms with Gasteiger partial charge in [0.05, 0.1) is 0 Å². The summed E-state index contributed by atoms with van der Waals surface area (Å²) in [5.74, 6) is -1.09. The van der Waals surface area contributed by atoms with Gasteiger partial charge in [-0.15, -0.1) is 0 Å². The lowest BCUT2D eigenvalue weighted by atomic mass is 10.4. The first-order valence-corrected chi connectivity index (χ1v) is 2.78. The Labute approximate surface area is 64.2 Å². The van der Waals surface area contributed by atoms with Gasteiger partial charge in [0.15, 0.2) is 0 Å². The minimum atomic E-state index is -1.09. The number of nitrogens with one attached hydrogen (secondary N) is 3. The molecule has 1 amide bonds. The normalized spacial score (nSPS) is 9.42. The van der Waals surface area contributed by atoms with E-state index in [0.717, 1.165) is 0 Å². The third-order valence-electron chi connectivity index (χ3n) is 1.03. The molecular weight excluding hydrogens is 168 g/mol. The maximum Gasteiger partial charge on any atom is 0.342 e. The van der Waals surface area contributed by atoms with Crippen LogP contribution in [0.15, 0.2) is 9.59 Å². The molecule has 0 bridgehead atoms. The zero-order valence-electron chi connectivity index (χ0n) is 5.62. The summed E-state index contributed by atoms with van der Waals surface area (Å²) in [6, 6.07) is 0. The number of hydrogen-bond donors (Lipinski definition) is 4. The third-order valence-corrected chi connectivity index (χ3v) is 1.03. The van der Waals surface area contributed by atoms with Crippen LogP contribution in [0.1, 0.15) is 10.5 Å². The van der Waals surface area contributed by atoms with Crippen LogP contribution in [0.3, 0.4) is 0 Å². The molecular formula is C4H4N4O4. The second kappa shape index (κ2) is 2.96. The Morgan fingerprint density at radius 3 is 2.67 bits per heavy atom. The van der Waals surface area contributed by atoms with Gasteiger partial charge < -0.3 is 0 Å². The first kappa shape index (κ1) is 8.14. The number of carbonyl (C=O) groups is 1. The van der Waals surface area contributed by atoms with Gasteiger partial charge in [-0.2, -0.15) is 5.10 Å². The lowest BCUT2D eigenvalue weighted by Crippen LogP contribution is -2.34. The summed E-state index contributed by atoms with van der Waals surface area (Å²) < 4.78 is 0. The van der Waals surface area contributed by atoms with Gasteiger partial charge in [0, 0.05) is 0 Å². The van der Waals surface area contributed by atoms with Gasteiger partial charge in [0.2, 0.25) is 5.69 Å². The Morgan fingerprint density at radius 2 is 2.17 bits per heavy atom. The second-order valence-electron chi connectivity index (χ2n) is 1.80. The molecule has 8 nitrogen and oxygen atoms in total. The van der Waals surface area contributed by atoms with Crippen LogP contribution < -0.4 is 16.7 Å². The van der Waals surface area contributed by atoms with Crippen molar-refractivity contribution >= 4 is 5.91 Å². The van der Waals surface area contributed by atoms with Crippen molar-refractivity contribution in [2.45, 2.75) is 0 Å². The van der Waals surface area contributed by atoms with Crippen molar-refractivity contribution in [3.63, 3.8) is 0 Å². The minimum absolute atomic E-state index is 0.614.